The molecule has 0 radical (unpaired) electrons. The highest BCUT2D eigenvalue weighted by atomic mass is 16.5. The first kappa shape index (κ1) is 16.3. The number of ether oxygens (including phenoxy) is 1. The van der Waals surface area contributed by atoms with Gasteiger partial charge in [0.25, 0.3) is 0 Å². The maximum atomic E-state index is 6.60. The van der Waals surface area contributed by atoms with E-state index in [1.54, 1.807) is 0 Å². The summed E-state index contributed by atoms with van der Waals surface area (Å²) in [6.07, 6.45) is 17.2. The van der Waals surface area contributed by atoms with Gasteiger partial charge in [-0.3, -0.25) is 0 Å². The monoisotopic (exact) mass is 280 g/mol. The van der Waals surface area contributed by atoms with Crippen molar-refractivity contribution in [2.45, 2.75) is 110 Å². The van der Waals surface area contributed by atoms with E-state index in [0.717, 1.165) is 11.8 Å². The van der Waals surface area contributed by atoms with Crippen molar-refractivity contribution in [2.24, 2.45) is 11.8 Å². The largest absolute Gasteiger partial charge is 0.372 e. The molecule has 1 heterocycles. The van der Waals surface area contributed by atoms with Crippen LogP contribution >= 0.6 is 0 Å². The molecular formula is C19H36O. The van der Waals surface area contributed by atoms with Gasteiger partial charge in [0.15, 0.2) is 0 Å². The fraction of sp³-hybridized carbons (Fsp3) is 1.00. The molecule has 2 aliphatic rings. The van der Waals surface area contributed by atoms with Crippen LogP contribution in [0.2, 0.25) is 0 Å². The maximum absolute atomic E-state index is 6.60. The lowest BCUT2D eigenvalue weighted by atomic mass is 9.73. The third-order valence-corrected chi connectivity index (χ3v) is 5.92. The molecule has 0 aromatic carbocycles. The van der Waals surface area contributed by atoms with Crippen LogP contribution in [-0.2, 0) is 4.74 Å². The zero-order valence-electron chi connectivity index (χ0n) is 14.1. The van der Waals surface area contributed by atoms with E-state index in [0.29, 0.717) is 6.10 Å². The SMILES string of the molecule is CCC1(C)CC(C)C2CCCCCCCCCCC2O1. The molecule has 1 heteroatoms. The highest BCUT2D eigenvalue weighted by Crippen LogP contribution is 2.42. The molecule has 0 spiro atoms. The summed E-state index contributed by atoms with van der Waals surface area (Å²) in [5, 5.41) is 0. The van der Waals surface area contributed by atoms with Gasteiger partial charge in [-0.15, -0.1) is 0 Å². The van der Waals surface area contributed by atoms with Crippen molar-refractivity contribution in [3.05, 3.63) is 0 Å². The average Bonchev–Trinajstić information content (AvgIpc) is 2.41. The molecule has 118 valence electrons. The van der Waals surface area contributed by atoms with E-state index in [4.69, 9.17) is 4.74 Å². The van der Waals surface area contributed by atoms with Gasteiger partial charge in [0.2, 0.25) is 0 Å². The zero-order valence-corrected chi connectivity index (χ0v) is 14.1. The molecule has 0 aromatic rings. The average molecular weight is 280 g/mol. The Kier molecular flexibility index (Phi) is 6.39. The molecule has 4 unspecified atom stereocenters. The molecule has 1 aliphatic carbocycles. The molecule has 1 aliphatic heterocycles. The molecule has 1 saturated heterocycles. The second-order valence-corrected chi connectivity index (χ2v) is 7.71. The van der Waals surface area contributed by atoms with E-state index < -0.39 is 0 Å². The molecule has 1 nitrogen and oxygen atoms in total. The first-order chi connectivity index (χ1) is 9.64. The van der Waals surface area contributed by atoms with E-state index in [9.17, 15) is 0 Å². The number of hydrogen-bond donors (Lipinski definition) is 0. The topological polar surface area (TPSA) is 9.23 Å². The van der Waals surface area contributed by atoms with E-state index in [1.165, 1.54) is 77.0 Å². The smallest absolute Gasteiger partial charge is 0.0658 e. The van der Waals surface area contributed by atoms with Crippen molar-refractivity contribution in [2.75, 3.05) is 0 Å². The van der Waals surface area contributed by atoms with Crippen LogP contribution in [0.25, 0.3) is 0 Å². The quantitative estimate of drug-likeness (QED) is 0.563. The van der Waals surface area contributed by atoms with Crippen molar-refractivity contribution >= 4 is 0 Å². The summed E-state index contributed by atoms with van der Waals surface area (Å²) in [5.41, 5.74) is 0.150. The lowest BCUT2D eigenvalue weighted by molar-refractivity contribution is -0.169. The second kappa shape index (κ2) is 7.82. The third-order valence-electron chi connectivity index (χ3n) is 5.92. The summed E-state index contributed by atoms with van der Waals surface area (Å²) in [6.45, 7) is 7.12. The van der Waals surface area contributed by atoms with E-state index in [1.807, 2.05) is 0 Å². The molecule has 2 rings (SSSR count). The predicted molar refractivity (Wildman–Crippen MR) is 87.0 cm³/mol. The van der Waals surface area contributed by atoms with Crippen LogP contribution in [0.5, 0.6) is 0 Å². The summed E-state index contributed by atoms with van der Waals surface area (Å²) in [4.78, 5) is 0. The molecule has 2 fully saturated rings. The van der Waals surface area contributed by atoms with Crippen LogP contribution in [0.3, 0.4) is 0 Å². The van der Waals surface area contributed by atoms with Crippen LogP contribution in [0.15, 0.2) is 0 Å². The Labute approximate surface area is 126 Å². The lowest BCUT2D eigenvalue weighted by Crippen LogP contribution is -2.46. The summed E-state index contributed by atoms with van der Waals surface area (Å²) in [7, 11) is 0. The molecule has 0 bridgehead atoms. The fourth-order valence-corrected chi connectivity index (χ4v) is 4.46. The van der Waals surface area contributed by atoms with Gasteiger partial charge in [0, 0.05) is 0 Å². The van der Waals surface area contributed by atoms with Crippen LogP contribution in [0, 0.1) is 11.8 Å². The Morgan fingerprint density at radius 3 is 2.05 bits per heavy atom. The number of fused-ring (bicyclic) bond motifs is 1. The molecule has 4 atom stereocenters. The first-order valence-electron chi connectivity index (χ1n) is 9.32. The van der Waals surface area contributed by atoms with Gasteiger partial charge in [0.1, 0.15) is 0 Å². The van der Waals surface area contributed by atoms with Crippen molar-refractivity contribution in [3.63, 3.8) is 0 Å². The van der Waals surface area contributed by atoms with Crippen molar-refractivity contribution in [1.82, 2.24) is 0 Å². The van der Waals surface area contributed by atoms with Gasteiger partial charge in [0.05, 0.1) is 11.7 Å². The van der Waals surface area contributed by atoms with Gasteiger partial charge in [-0.25, -0.2) is 0 Å². The van der Waals surface area contributed by atoms with Gasteiger partial charge in [-0.05, 0) is 44.4 Å². The molecule has 1 saturated carbocycles. The van der Waals surface area contributed by atoms with Crippen LogP contribution in [0.1, 0.15) is 97.8 Å². The molecule has 0 amide bonds. The summed E-state index contributed by atoms with van der Waals surface area (Å²) < 4.78 is 6.60. The Bertz CT molecular complexity index is 275. The first-order valence-corrected chi connectivity index (χ1v) is 9.32. The zero-order chi connectivity index (χ0) is 14.4. The number of rotatable bonds is 1. The van der Waals surface area contributed by atoms with Gasteiger partial charge in [-0.1, -0.05) is 65.2 Å². The Balaban J connectivity index is 1.99. The Hall–Kier alpha value is -0.0400. The highest BCUT2D eigenvalue weighted by Gasteiger charge is 2.40. The van der Waals surface area contributed by atoms with Crippen molar-refractivity contribution in [1.29, 1.82) is 0 Å². The molecule has 0 aromatic heterocycles. The van der Waals surface area contributed by atoms with E-state index in [2.05, 4.69) is 20.8 Å². The summed E-state index contributed by atoms with van der Waals surface area (Å²) >= 11 is 0. The van der Waals surface area contributed by atoms with Crippen molar-refractivity contribution < 1.29 is 4.74 Å². The minimum atomic E-state index is 0.150. The van der Waals surface area contributed by atoms with Crippen molar-refractivity contribution in [3.8, 4) is 0 Å². The van der Waals surface area contributed by atoms with Crippen LogP contribution < -0.4 is 0 Å². The highest BCUT2D eigenvalue weighted by molar-refractivity contribution is 4.90. The van der Waals surface area contributed by atoms with E-state index in [-0.39, 0.29) is 5.60 Å². The van der Waals surface area contributed by atoms with E-state index >= 15 is 0 Å². The maximum Gasteiger partial charge on any atom is 0.0658 e. The molecule has 0 N–H and O–H groups in total. The summed E-state index contributed by atoms with van der Waals surface area (Å²) in [5.74, 6) is 1.68. The Morgan fingerprint density at radius 1 is 0.900 bits per heavy atom. The minimum Gasteiger partial charge on any atom is -0.372 e. The third kappa shape index (κ3) is 4.48. The normalized spacial score (nSPS) is 41.2. The standard InChI is InChI=1S/C19H36O/c1-4-19(3)15-16(2)17-13-11-9-7-5-6-8-10-12-14-18(17)20-19/h16-18H,4-15H2,1-3H3. The molecule has 20 heavy (non-hydrogen) atoms. The van der Waals surface area contributed by atoms with Gasteiger partial charge in [-0.2, -0.15) is 0 Å². The lowest BCUT2D eigenvalue weighted by Gasteiger charge is -2.47. The van der Waals surface area contributed by atoms with Crippen LogP contribution in [-0.4, -0.2) is 11.7 Å². The van der Waals surface area contributed by atoms with Gasteiger partial charge < -0.3 is 4.74 Å². The second-order valence-electron chi connectivity index (χ2n) is 7.71. The summed E-state index contributed by atoms with van der Waals surface area (Å²) in [6, 6.07) is 0. The Morgan fingerprint density at radius 2 is 1.45 bits per heavy atom. The van der Waals surface area contributed by atoms with Gasteiger partial charge >= 0.3 is 0 Å². The number of hydrogen-bond acceptors (Lipinski definition) is 1. The fourth-order valence-electron chi connectivity index (χ4n) is 4.46. The predicted octanol–water partition coefficient (Wildman–Crippen LogP) is 6.11. The minimum absolute atomic E-state index is 0.150. The van der Waals surface area contributed by atoms with Crippen LogP contribution in [0.4, 0.5) is 0 Å². The molecular weight excluding hydrogens is 244 g/mol.